The summed E-state index contributed by atoms with van der Waals surface area (Å²) in [6, 6.07) is 0. The number of nitrogens with two attached hydrogens (primary N) is 1. The molecule has 0 saturated heterocycles. The van der Waals surface area contributed by atoms with Gasteiger partial charge >= 0.3 is 0 Å². The lowest BCUT2D eigenvalue weighted by atomic mass is 9.98. The Morgan fingerprint density at radius 2 is 1.92 bits per heavy atom. The van der Waals surface area contributed by atoms with Gasteiger partial charge in [-0.3, -0.25) is 0 Å². The summed E-state index contributed by atoms with van der Waals surface area (Å²) in [7, 11) is 0. The molecular weight excluding hydrogens is 158 g/mol. The Morgan fingerprint density at radius 1 is 1.15 bits per heavy atom. The molecule has 0 spiro atoms. The summed E-state index contributed by atoms with van der Waals surface area (Å²) < 4.78 is 0. The summed E-state index contributed by atoms with van der Waals surface area (Å²) in [6.07, 6.45) is 14.4. The van der Waals surface area contributed by atoms with Crippen LogP contribution in [-0.2, 0) is 0 Å². The normalized spacial score (nSPS) is 14.3. The van der Waals surface area contributed by atoms with Gasteiger partial charge < -0.3 is 5.73 Å². The molecule has 0 aromatic carbocycles. The van der Waals surface area contributed by atoms with Crippen molar-refractivity contribution < 1.29 is 0 Å². The Kier molecular flexibility index (Phi) is 8.85. The molecule has 76 valence electrons. The van der Waals surface area contributed by atoms with Crippen LogP contribution in [0.3, 0.4) is 0 Å². The molecule has 1 unspecified atom stereocenters. The lowest BCUT2D eigenvalue weighted by molar-refractivity contribution is 0.527. The number of rotatable bonds is 7. The molecule has 0 aromatic rings. The van der Waals surface area contributed by atoms with E-state index in [1.165, 1.54) is 32.1 Å². The fraction of sp³-hybridized carbons (Fsp3) is 0.667. The van der Waals surface area contributed by atoms with Crippen LogP contribution in [0.5, 0.6) is 0 Å². The molecule has 0 rings (SSSR count). The van der Waals surface area contributed by atoms with Crippen molar-refractivity contribution in [1.29, 1.82) is 0 Å². The highest BCUT2D eigenvalue weighted by Crippen LogP contribution is 2.14. The van der Waals surface area contributed by atoms with Crippen LogP contribution in [0.2, 0.25) is 0 Å². The molecule has 2 N–H and O–H groups in total. The zero-order valence-corrected chi connectivity index (χ0v) is 9.00. The average molecular weight is 181 g/mol. The standard InChI is InChI=1S/C12H23N/c1-3-5-6-9-12(4-2)10-7-8-11-13/h7-8,10-12H,3-6,9,13H2,1-2H3/b10-7-,11-8-. The molecule has 0 aliphatic rings. The van der Waals surface area contributed by atoms with Crippen molar-refractivity contribution in [3.8, 4) is 0 Å². The number of allylic oxidation sites excluding steroid dienone is 3. The topological polar surface area (TPSA) is 26.0 Å². The quantitative estimate of drug-likeness (QED) is 0.471. The molecule has 0 amide bonds. The van der Waals surface area contributed by atoms with Gasteiger partial charge in [-0.05, 0) is 31.0 Å². The number of unbranched alkanes of at least 4 members (excludes halogenated alkanes) is 2. The molecule has 0 aliphatic heterocycles. The first-order chi connectivity index (χ1) is 6.35. The van der Waals surface area contributed by atoms with Gasteiger partial charge in [-0.1, -0.05) is 45.3 Å². The molecule has 1 nitrogen and oxygen atoms in total. The Bertz CT molecular complexity index is 147. The maximum absolute atomic E-state index is 5.25. The summed E-state index contributed by atoms with van der Waals surface area (Å²) in [5, 5.41) is 0. The maximum atomic E-state index is 5.25. The minimum Gasteiger partial charge on any atom is -0.405 e. The molecule has 0 bridgehead atoms. The van der Waals surface area contributed by atoms with E-state index in [1.54, 1.807) is 6.20 Å². The van der Waals surface area contributed by atoms with Crippen molar-refractivity contribution in [1.82, 2.24) is 0 Å². The molecule has 0 saturated carbocycles. The van der Waals surface area contributed by atoms with E-state index in [2.05, 4.69) is 26.0 Å². The fourth-order valence-electron chi connectivity index (χ4n) is 1.38. The second kappa shape index (κ2) is 9.37. The average Bonchev–Trinajstić information content (AvgIpc) is 2.16. The Morgan fingerprint density at radius 3 is 2.46 bits per heavy atom. The minimum absolute atomic E-state index is 0.739. The van der Waals surface area contributed by atoms with Crippen LogP contribution < -0.4 is 5.73 Å². The summed E-state index contributed by atoms with van der Waals surface area (Å²) in [5.74, 6) is 0.739. The second-order valence-electron chi connectivity index (χ2n) is 3.43. The van der Waals surface area contributed by atoms with Gasteiger partial charge in [-0.2, -0.15) is 0 Å². The molecule has 1 atom stereocenters. The van der Waals surface area contributed by atoms with Gasteiger partial charge in [0, 0.05) is 0 Å². The first-order valence-corrected chi connectivity index (χ1v) is 5.40. The largest absolute Gasteiger partial charge is 0.405 e. The zero-order chi connectivity index (χ0) is 9.94. The summed E-state index contributed by atoms with van der Waals surface area (Å²) in [5.41, 5.74) is 5.25. The van der Waals surface area contributed by atoms with Crippen molar-refractivity contribution in [3.63, 3.8) is 0 Å². The monoisotopic (exact) mass is 181 g/mol. The van der Waals surface area contributed by atoms with Crippen molar-refractivity contribution in [2.24, 2.45) is 11.7 Å². The Hall–Kier alpha value is -0.720. The molecule has 0 radical (unpaired) electrons. The first-order valence-electron chi connectivity index (χ1n) is 5.40. The molecular formula is C12H23N. The van der Waals surface area contributed by atoms with Crippen LogP contribution in [0.4, 0.5) is 0 Å². The molecule has 0 aromatic heterocycles. The van der Waals surface area contributed by atoms with Gasteiger partial charge in [-0.15, -0.1) is 0 Å². The van der Waals surface area contributed by atoms with Crippen molar-refractivity contribution in [2.45, 2.75) is 46.0 Å². The maximum Gasteiger partial charge on any atom is -0.00625 e. The molecule has 0 heterocycles. The Labute approximate surface area is 82.7 Å². The smallest absolute Gasteiger partial charge is 0.00625 e. The SMILES string of the molecule is CCCCCC(/C=C\C=C/N)CC. The van der Waals surface area contributed by atoms with E-state index < -0.39 is 0 Å². The third kappa shape index (κ3) is 7.63. The predicted molar refractivity (Wildman–Crippen MR) is 60.4 cm³/mol. The van der Waals surface area contributed by atoms with Gasteiger partial charge in [0.2, 0.25) is 0 Å². The van der Waals surface area contributed by atoms with E-state index in [0.717, 1.165) is 5.92 Å². The van der Waals surface area contributed by atoms with Gasteiger partial charge in [0.1, 0.15) is 0 Å². The summed E-state index contributed by atoms with van der Waals surface area (Å²) >= 11 is 0. The molecule has 0 fully saturated rings. The van der Waals surface area contributed by atoms with Crippen molar-refractivity contribution in [2.75, 3.05) is 0 Å². The van der Waals surface area contributed by atoms with Crippen LogP contribution in [0.1, 0.15) is 46.0 Å². The van der Waals surface area contributed by atoms with Crippen LogP contribution in [0, 0.1) is 5.92 Å². The van der Waals surface area contributed by atoms with Gasteiger partial charge in [0.25, 0.3) is 0 Å². The van der Waals surface area contributed by atoms with Crippen LogP contribution in [0.15, 0.2) is 24.4 Å². The third-order valence-electron chi connectivity index (χ3n) is 2.31. The lowest BCUT2D eigenvalue weighted by Gasteiger charge is -2.08. The lowest BCUT2D eigenvalue weighted by Crippen LogP contribution is -1.93. The number of hydrogen-bond acceptors (Lipinski definition) is 1. The van der Waals surface area contributed by atoms with Crippen LogP contribution in [-0.4, -0.2) is 0 Å². The molecule has 0 aliphatic carbocycles. The van der Waals surface area contributed by atoms with Gasteiger partial charge in [0.15, 0.2) is 0 Å². The van der Waals surface area contributed by atoms with Crippen LogP contribution in [0.25, 0.3) is 0 Å². The Balaban J connectivity index is 3.62. The zero-order valence-electron chi connectivity index (χ0n) is 9.00. The van der Waals surface area contributed by atoms with E-state index in [-0.39, 0.29) is 0 Å². The van der Waals surface area contributed by atoms with E-state index in [4.69, 9.17) is 5.73 Å². The van der Waals surface area contributed by atoms with Crippen LogP contribution >= 0.6 is 0 Å². The van der Waals surface area contributed by atoms with Gasteiger partial charge in [-0.25, -0.2) is 0 Å². The second-order valence-corrected chi connectivity index (χ2v) is 3.43. The highest BCUT2D eigenvalue weighted by Gasteiger charge is 1.99. The summed E-state index contributed by atoms with van der Waals surface area (Å²) in [4.78, 5) is 0. The predicted octanol–water partition coefficient (Wildman–Crippen LogP) is 3.62. The highest BCUT2D eigenvalue weighted by molar-refractivity contribution is 5.02. The fourth-order valence-corrected chi connectivity index (χ4v) is 1.38. The van der Waals surface area contributed by atoms with E-state index in [1.807, 2.05) is 6.08 Å². The van der Waals surface area contributed by atoms with Crippen molar-refractivity contribution in [3.05, 3.63) is 24.4 Å². The van der Waals surface area contributed by atoms with Crippen molar-refractivity contribution >= 4 is 0 Å². The third-order valence-corrected chi connectivity index (χ3v) is 2.31. The molecule has 1 heteroatoms. The van der Waals surface area contributed by atoms with E-state index in [0.29, 0.717) is 0 Å². The first kappa shape index (κ1) is 12.3. The van der Waals surface area contributed by atoms with E-state index in [9.17, 15) is 0 Å². The highest BCUT2D eigenvalue weighted by atomic mass is 14.5. The number of hydrogen-bond donors (Lipinski definition) is 1. The summed E-state index contributed by atoms with van der Waals surface area (Å²) in [6.45, 7) is 4.49. The minimum atomic E-state index is 0.739. The van der Waals surface area contributed by atoms with E-state index >= 15 is 0 Å². The molecule has 13 heavy (non-hydrogen) atoms. The van der Waals surface area contributed by atoms with Gasteiger partial charge in [0.05, 0.1) is 0 Å².